The SMILES string of the molecule is O=C(CNCCCCOc1ccc(F)cc1)N1CCc2nc(C3CCC3)n(-c3ccccc3)c(=O)c2C1S.O=C(O)C(F)(F)F. The van der Waals surface area contributed by atoms with Gasteiger partial charge in [0.15, 0.2) is 0 Å². The summed E-state index contributed by atoms with van der Waals surface area (Å²) in [4.78, 5) is 42.4. The summed E-state index contributed by atoms with van der Waals surface area (Å²) in [5.74, 6) is -1.38. The molecule has 1 amide bonds. The Morgan fingerprint density at radius 3 is 2.33 bits per heavy atom. The van der Waals surface area contributed by atoms with Crippen LogP contribution in [0, 0.1) is 5.82 Å². The van der Waals surface area contributed by atoms with Gasteiger partial charge in [-0.1, -0.05) is 24.6 Å². The molecule has 242 valence electrons. The minimum atomic E-state index is -5.08. The monoisotopic (exact) mass is 650 g/mol. The Morgan fingerprint density at radius 2 is 1.73 bits per heavy atom. The first-order chi connectivity index (χ1) is 21.5. The summed E-state index contributed by atoms with van der Waals surface area (Å²) in [5.41, 5.74) is 1.93. The van der Waals surface area contributed by atoms with E-state index in [0.717, 1.165) is 49.3 Å². The third-order valence-corrected chi connectivity index (χ3v) is 8.06. The lowest BCUT2D eigenvalue weighted by Crippen LogP contribution is -2.46. The van der Waals surface area contributed by atoms with E-state index in [9.17, 15) is 27.2 Å². The van der Waals surface area contributed by atoms with Gasteiger partial charge in [0.05, 0.1) is 30.1 Å². The van der Waals surface area contributed by atoms with Gasteiger partial charge in [0, 0.05) is 18.9 Å². The van der Waals surface area contributed by atoms with Crippen molar-refractivity contribution in [1.82, 2.24) is 19.8 Å². The van der Waals surface area contributed by atoms with Crippen LogP contribution in [0.25, 0.3) is 5.69 Å². The molecule has 1 aromatic heterocycles. The summed E-state index contributed by atoms with van der Waals surface area (Å²) in [5, 5.41) is 9.68. The van der Waals surface area contributed by atoms with Crippen molar-refractivity contribution in [3.63, 3.8) is 0 Å². The molecule has 2 aliphatic rings. The maximum atomic E-state index is 13.8. The number of aromatic nitrogens is 2. The molecule has 1 aliphatic heterocycles. The molecule has 1 fully saturated rings. The molecule has 0 saturated heterocycles. The number of fused-ring (bicyclic) bond motifs is 1. The number of carboxylic acid groups (broad SMARTS) is 1. The average Bonchev–Trinajstić information content (AvgIpc) is 2.97. The van der Waals surface area contributed by atoms with E-state index in [0.29, 0.717) is 37.4 Å². The summed E-state index contributed by atoms with van der Waals surface area (Å²) in [6.45, 7) is 1.84. The molecule has 0 bridgehead atoms. The lowest BCUT2D eigenvalue weighted by atomic mass is 9.84. The zero-order chi connectivity index (χ0) is 32.6. The van der Waals surface area contributed by atoms with Crippen molar-refractivity contribution in [1.29, 1.82) is 0 Å². The van der Waals surface area contributed by atoms with Crippen molar-refractivity contribution in [2.75, 3.05) is 26.2 Å². The second kappa shape index (κ2) is 15.4. The Morgan fingerprint density at radius 1 is 1.07 bits per heavy atom. The van der Waals surface area contributed by atoms with Crippen LogP contribution in [0.1, 0.15) is 60.5 Å². The average molecular weight is 651 g/mol. The number of ether oxygens (including phenoxy) is 1. The van der Waals surface area contributed by atoms with Gasteiger partial charge in [-0.3, -0.25) is 14.2 Å². The lowest BCUT2D eigenvalue weighted by Gasteiger charge is -2.35. The Labute approximate surface area is 262 Å². The molecule has 2 heterocycles. The van der Waals surface area contributed by atoms with Gasteiger partial charge in [-0.25, -0.2) is 14.2 Å². The minimum absolute atomic E-state index is 0.0908. The summed E-state index contributed by atoms with van der Waals surface area (Å²) < 4.78 is 52.0. The molecule has 2 aromatic carbocycles. The van der Waals surface area contributed by atoms with Crippen molar-refractivity contribution in [2.24, 2.45) is 0 Å². The highest BCUT2D eigenvalue weighted by atomic mass is 32.1. The molecule has 1 atom stereocenters. The Kier molecular flexibility index (Phi) is 11.6. The number of carbonyl (C=O) groups is 2. The highest BCUT2D eigenvalue weighted by molar-refractivity contribution is 7.80. The van der Waals surface area contributed by atoms with Gasteiger partial charge in [0.1, 0.15) is 22.8 Å². The van der Waals surface area contributed by atoms with E-state index in [1.54, 1.807) is 21.6 Å². The molecule has 5 rings (SSSR count). The fraction of sp³-hybridized carbons (Fsp3) is 0.419. The highest BCUT2D eigenvalue weighted by Crippen LogP contribution is 2.37. The molecule has 14 heteroatoms. The zero-order valence-electron chi connectivity index (χ0n) is 24.3. The number of halogens is 4. The number of hydrogen-bond acceptors (Lipinski definition) is 7. The topological polar surface area (TPSA) is 114 Å². The van der Waals surface area contributed by atoms with Crippen molar-refractivity contribution in [3.05, 3.63) is 87.9 Å². The van der Waals surface area contributed by atoms with Gasteiger partial charge < -0.3 is 20.1 Å². The number of amides is 1. The standard InChI is InChI=1S/C29H33FN4O3S.C2HF3O2/c30-21-11-13-23(14-12-21)37-18-5-4-16-31-19-25(35)33-17-15-24-26(29(33)38)28(36)34(22-9-2-1-3-10-22)27(32-24)20-7-6-8-20;3-2(4,5)1(6)7/h1-3,9-14,20,29,31,38H,4-8,15-19H2;(H,6,7). The van der Waals surface area contributed by atoms with Crippen LogP contribution >= 0.6 is 12.6 Å². The largest absolute Gasteiger partial charge is 0.494 e. The van der Waals surface area contributed by atoms with Crippen molar-refractivity contribution >= 4 is 24.5 Å². The molecule has 1 unspecified atom stereocenters. The van der Waals surface area contributed by atoms with Crippen molar-refractivity contribution in [3.8, 4) is 11.4 Å². The number of carbonyl (C=O) groups excluding carboxylic acids is 1. The number of alkyl halides is 3. The highest BCUT2D eigenvalue weighted by Gasteiger charge is 2.38. The minimum Gasteiger partial charge on any atom is -0.494 e. The number of nitrogens with zero attached hydrogens (tertiary/aromatic N) is 3. The predicted octanol–water partition coefficient (Wildman–Crippen LogP) is 5.03. The van der Waals surface area contributed by atoms with E-state index in [2.05, 4.69) is 5.32 Å². The van der Waals surface area contributed by atoms with E-state index in [1.165, 1.54) is 12.1 Å². The number of carboxylic acids is 1. The van der Waals surface area contributed by atoms with E-state index in [1.807, 2.05) is 30.3 Å². The summed E-state index contributed by atoms with van der Waals surface area (Å²) in [7, 11) is 0. The number of nitrogens with one attached hydrogen (secondary N) is 1. The van der Waals surface area contributed by atoms with Crippen LogP contribution in [-0.2, 0) is 16.0 Å². The van der Waals surface area contributed by atoms with E-state index >= 15 is 0 Å². The summed E-state index contributed by atoms with van der Waals surface area (Å²) in [6.07, 6.45) is 0.325. The first-order valence-corrected chi connectivity index (χ1v) is 15.1. The molecule has 9 nitrogen and oxygen atoms in total. The molecule has 45 heavy (non-hydrogen) atoms. The molecule has 0 radical (unpaired) electrons. The van der Waals surface area contributed by atoms with Crippen LogP contribution in [0.2, 0.25) is 0 Å². The summed E-state index contributed by atoms with van der Waals surface area (Å²) >= 11 is 4.74. The first kappa shape index (κ1) is 34.0. The smallest absolute Gasteiger partial charge is 0.490 e. The van der Waals surface area contributed by atoms with Crippen molar-refractivity contribution in [2.45, 2.75) is 56.0 Å². The van der Waals surface area contributed by atoms with E-state index in [-0.39, 0.29) is 29.7 Å². The molecular weight excluding hydrogens is 616 g/mol. The van der Waals surface area contributed by atoms with Crippen LogP contribution in [0.3, 0.4) is 0 Å². The predicted molar refractivity (Wildman–Crippen MR) is 161 cm³/mol. The number of hydrogen-bond donors (Lipinski definition) is 3. The quantitative estimate of drug-likeness (QED) is 0.160. The van der Waals surface area contributed by atoms with Gasteiger partial charge in [0.25, 0.3) is 5.56 Å². The molecular formula is C31H34F4N4O5S. The molecule has 1 saturated carbocycles. The molecule has 1 aliphatic carbocycles. The Balaban J connectivity index is 0.000000591. The normalized spacial score (nSPS) is 16.2. The lowest BCUT2D eigenvalue weighted by molar-refractivity contribution is -0.192. The Bertz CT molecular complexity index is 1520. The van der Waals surface area contributed by atoms with Gasteiger partial charge in [-0.2, -0.15) is 13.2 Å². The van der Waals surface area contributed by atoms with Crippen LogP contribution in [0.5, 0.6) is 5.75 Å². The number of benzene rings is 2. The molecule has 0 spiro atoms. The number of rotatable bonds is 10. The van der Waals surface area contributed by atoms with Gasteiger partial charge in [0.2, 0.25) is 5.91 Å². The number of para-hydroxylation sites is 1. The first-order valence-electron chi connectivity index (χ1n) is 14.5. The van der Waals surface area contributed by atoms with Gasteiger partial charge in [-0.15, -0.1) is 12.6 Å². The third-order valence-electron chi connectivity index (χ3n) is 7.52. The second-order valence-electron chi connectivity index (χ2n) is 10.6. The summed E-state index contributed by atoms with van der Waals surface area (Å²) in [6, 6.07) is 15.6. The zero-order valence-corrected chi connectivity index (χ0v) is 25.2. The maximum absolute atomic E-state index is 13.8. The van der Waals surface area contributed by atoms with Gasteiger partial charge in [-0.05, 0) is 68.6 Å². The van der Waals surface area contributed by atoms with E-state index < -0.39 is 17.5 Å². The van der Waals surface area contributed by atoms with E-state index in [4.69, 9.17) is 32.3 Å². The van der Waals surface area contributed by atoms with Gasteiger partial charge >= 0.3 is 12.1 Å². The second-order valence-corrected chi connectivity index (χ2v) is 11.1. The molecule has 2 N–H and O–H groups in total. The number of aliphatic carboxylic acids is 1. The fourth-order valence-electron chi connectivity index (χ4n) is 4.95. The number of thiol groups is 1. The number of unbranched alkanes of at least 4 members (excludes halogenated alkanes) is 1. The van der Waals surface area contributed by atoms with Crippen molar-refractivity contribution < 1.29 is 37.0 Å². The van der Waals surface area contributed by atoms with Crippen LogP contribution in [0.15, 0.2) is 59.4 Å². The fourth-order valence-corrected chi connectivity index (χ4v) is 5.45. The van der Waals surface area contributed by atoms with Crippen LogP contribution < -0.4 is 15.6 Å². The van der Waals surface area contributed by atoms with Crippen LogP contribution in [-0.4, -0.2) is 63.9 Å². The molecule has 3 aromatic rings. The van der Waals surface area contributed by atoms with Crippen LogP contribution in [0.4, 0.5) is 17.6 Å². The maximum Gasteiger partial charge on any atom is 0.490 e. The third kappa shape index (κ3) is 8.85. The Hall–Kier alpha value is -3.91.